The summed E-state index contributed by atoms with van der Waals surface area (Å²) in [4.78, 5) is 11.2. The summed E-state index contributed by atoms with van der Waals surface area (Å²) < 4.78 is 12.7. The van der Waals surface area contributed by atoms with Crippen molar-refractivity contribution < 1.29 is 14.3 Å². The Kier molecular flexibility index (Phi) is 6.88. The number of carboxylic acid groups (broad SMARTS) is 1. The van der Waals surface area contributed by atoms with Crippen LogP contribution in [-0.4, -0.2) is 16.6 Å². The average Bonchev–Trinajstić information content (AvgIpc) is 2.29. The first-order valence-corrected chi connectivity index (χ1v) is 5.74. The van der Waals surface area contributed by atoms with E-state index in [1.165, 1.54) is 12.1 Å². The molecular weight excluding hydrogens is 257 g/mol. The van der Waals surface area contributed by atoms with Gasteiger partial charge in [-0.05, 0) is 24.1 Å². The number of hydrogen-bond acceptors (Lipinski definition) is 2. The molecule has 1 rings (SSSR count). The van der Waals surface area contributed by atoms with Crippen LogP contribution in [0.4, 0.5) is 4.39 Å². The first kappa shape index (κ1) is 16.9. The fraction of sp³-hybridized carbons (Fsp3) is 0.462. The molecule has 0 aliphatic rings. The van der Waals surface area contributed by atoms with Crippen molar-refractivity contribution in [2.75, 3.05) is 0 Å². The van der Waals surface area contributed by atoms with Gasteiger partial charge in [0, 0.05) is 6.42 Å². The molecule has 0 aliphatic heterocycles. The molecule has 102 valence electrons. The van der Waals surface area contributed by atoms with Gasteiger partial charge in [-0.3, -0.25) is 4.79 Å². The second-order valence-electron chi connectivity index (χ2n) is 4.37. The third-order valence-corrected chi connectivity index (χ3v) is 2.84. The Morgan fingerprint density at radius 3 is 2.39 bits per heavy atom. The van der Waals surface area contributed by atoms with Crippen LogP contribution in [0.1, 0.15) is 31.7 Å². The number of unbranched alkanes of at least 4 members (excludes halogenated alkanes) is 1. The summed E-state index contributed by atoms with van der Waals surface area (Å²) in [7, 11) is 0. The molecule has 0 spiro atoms. The van der Waals surface area contributed by atoms with E-state index in [2.05, 4.69) is 0 Å². The minimum Gasteiger partial charge on any atom is -0.480 e. The van der Waals surface area contributed by atoms with Gasteiger partial charge in [0.2, 0.25) is 0 Å². The third-order valence-electron chi connectivity index (χ3n) is 2.84. The van der Waals surface area contributed by atoms with Crippen LogP contribution in [0.5, 0.6) is 0 Å². The zero-order valence-electron chi connectivity index (χ0n) is 10.4. The molecule has 0 heterocycles. The first-order chi connectivity index (χ1) is 7.98. The lowest BCUT2D eigenvalue weighted by atomic mass is 9.87. The zero-order chi connectivity index (χ0) is 12.9. The number of carbonyl (C=O) groups is 1. The highest BCUT2D eigenvalue weighted by Crippen LogP contribution is 2.18. The van der Waals surface area contributed by atoms with E-state index in [9.17, 15) is 14.3 Å². The minimum atomic E-state index is -1.26. The average molecular weight is 276 g/mol. The first-order valence-electron chi connectivity index (χ1n) is 5.74. The normalized spacial score (nSPS) is 13.5. The summed E-state index contributed by atoms with van der Waals surface area (Å²) in [5.41, 5.74) is 5.39. The summed E-state index contributed by atoms with van der Waals surface area (Å²) in [5, 5.41) is 9.18. The number of aliphatic carboxylic acids is 1. The molecule has 0 aliphatic carbocycles. The number of nitrogens with two attached hydrogens (primary N) is 1. The van der Waals surface area contributed by atoms with Gasteiger partial charge in [-0.15, -0.1) is 12.4 Å². The summed E-state index contributed by atoms with van der Waals surface area (Å²) in [6.07, 6.45) is 2.32. The molecule has 0 aromatic heterocycles. The Balaban J connectivity index is 0.00000289. The predicted octanol–water partition coefficient (Wildman–Crippen LogP) is 2.76. The second-order valence-corrected chi connectivity index (χ2v) is 4.37. The van der Waals surface area contributed by atoms with Crippen LogP contribution in [-0.2, 0) is 11.2 Å². The SMILES string of the molecule is CCCCC(N)(Cc1ccc(F)cc1)C(=O)O.Cl. The molecule has 0 fully saturated rings. The number of halogens is 2. The molecular formula is C13H19ClFNO2. The fourth-order valence-electron chi connectivity index (χ4n) is 1.73. The third kappa shape index (κ3) is 4.63. The largest absolute Gasteiger partial charge is 0.480 e. The lowest BCUT2D eigenvalue weighted by Gasteiger charge is -2.24. The lowest BCUT2D eigenvalue weighted by Crippen LogP contribution is -2.49. The lowest BCUT2D eigenvalue weighted by molar-refractivity contribution is -0.143. The van der Waals surface area contributed by atoms with Crippen molar-refractivity contribution in [1.82, 2.24) is 0 Å². The van der Waals surface area contributed by atoms with E-state index < -0.39 is 11.5 Å². The molecule has 1 atom stereocenters. The molecule has 0 saturated heterocycles. The van der Waals surface area contributed by atoms with Crippen molar-refractivity contribution in [3.8, 4) is 0 Å². The number of benzene rings is 1. The zero-order valence-corrected chi connectivity index (χ0v) is 11.2. The molecule has 5 heteroatoms. The van der Waals surface area contributed by atoms with E-state index in [0.29, 0.717) is 6.42 Å². The molecule has 0 saturated carbocycles. The van der Waals surface area contributed by atoms with Gasteiger partial charge in [-0.25, -0.2) is 4.39 Å². The molecule has 1 unspecified atom stereocenters. The van der Waals surface area contributed by atoms with Gasteiger partial charge >= 0.3 is 5.97 Å². The summed E-state index contributed by atoms with van der Waals surface area (Å²) in [6.45, 7) is 1.99. The van der Waals surface area contributed by atoms with E-state index in [1.807, 2.05) is 6.92 Å². The Labute approximate surface area is 113 Å². The topological polar surface area (TPSA) is 63.3 Å². The maximum absolute atomic E-state index is 12.7. The van der Waals surface area contributed by atoms with E-state index in [-0.39, 0.29) is 24.6 Å². The van der Waals surface area contributed by atoms with Crippen molar-refractivity contribution in [3.63, 3.8) is 0 Å². The highest BCUT2D eigenvalue weighted by molar-refractivity contribution is 5.85. The van der Waals surface area contributed by atoms with Crippen LogP contribution in [0.3, 0.4) is 0 Å². The Hall–Kier alpha value is -1.13. The summed E-state index contributed by atoms with van der Waals surface area (Å²) >= 11 is 0. The molecule has 0 amide bonds. The van der Waals surface area contributed by atoms with Gasteiger partial charge in [0.05, 0.1) is 0 Å². The standard InChI is InChI=1S/C13H18FNO2.ClH/c1-2-3-8-13(15,12(16)17)9-10-4-6-11(14)7-5-10;/h4-7H,2-3,8-9,15H2,1H3,(H,16,17);1H. The van der Waals surface area contributed by atoms with Gasteiger partial charge in [-0.2, -0.15) is 0 Å². The van der Waals surface area contributed by atoms with Crippen LogP contribution >= 0.6 is 12.4 Å². The Bertz CT molecular complexity index is 383. The smallest absolute Gasteiger partial charge is 0.324 e. The van der Waals surface area contributed by atoms with E-state index in [1.54, 1.807) is 12.1 Å². The van der Waals surface area contributed by atoms with Crippen molar-refractivity contribution in [1.29, 1.82) is 0 Å². The van der Waals surface area contributed by atoms with E-state index in [0.717, 1.165) is 18.4 Å². The Morgan fingerprint density at radius 1 is 1.39 bits per heavy atom. The summed E-state index contributed by atoms with van der Waals surface area (Å²) in [5.74, 6) is -1.34. The van der Waals surface area contributed by atoms with Gasteiger partial charge < -0.3 is 10.8 Å². The fourth-order valence-corrected chi connectivity index (χ4v) is 1.73. The van der Waals surface area contributed by atoms with Gasteiger partial charge in [0.15, 0.2) is 0 Å². The highest BCUT2D eigenvalue weighted by Gasteiger charge is 2.33. The van der Waals surface area contributed by atoms with Crippen LogP contribution < -0.4 is 5.73 Å². The monoisotopic (exact) mass is 275 g/mol. The van der Waals surface area contributed by atoms with Crippen molar-refractivity contribution in [3.05, 3.63) is 35.6 Å². The van der Waals surface area contributed by atoms with Gasteiger partial charge in [-0.1, -0.05) is 31.9 Å². The van der Waals surface area contributed by atoms with Crippen molar-refractivity contribution >= 4 is 18.4 Å². The van der Waals surface area contributed by atoms with Crippen LogP contribution in [0.2, 0.25) is 0 Å². The molecule has 1 aromatic rings. The predicted molar refractivity (Wildman–Crippen MR) is 71.4 cm³/mol. The number of rotatable bonds is 6. The number of hydrogen-bond donors (Lipinski definition) is 2. The van der Waals surface area contributed by atoms with Crippen molar-refractivity contribution in [2.45, 2.75) is 38.1 Å². The minimum absolute atomic E-state index is 0. The molecule has 18 heavy (non-hydrogen) atoms. The Morgan fingerprint density at radius 2 is 1.94 bits per heavy atom. The quantitative estimate of drug-likeness (QED) is 0.839. The summed E-state index contributed by atoms with van der Waals surface area (Å²) in [6, 6.07) is 5.78. The molecule has 3 nitrogen and oxygen atoms in total. The van der Waals surface area contributed by atoms with Crippen molar-refractivity contribution in [2.24, 2.45) is 5.73 Å². The van der Waals surface area contributed by atoms with Crippen LogP contribution in [0.25, 0.3) is 0 Å². The molecule has 1 aromatic carbocycles. The van der Waals surface area contributed by atoms with Gasteiger partial charge in [0.1, 0.15) is 11.4 Å². The van der Waals surface area contributed by atoms with Crippen LogP contribution in [0, 0.1) is 5.82 Å². The highest BCUT2D eigenvalue weighted by atomic mass is 35.5. The van der Waals surface area contributed by atoms with E-state index in [4.69, 9.17) is 5.73 Å². The van der Waals surface area contributed by atoms with E-state index >= 15 is 0 Å². The van der Waals surface area contributed by atoms with Crippen LogP contribution in [0.15, 0.2) is 24.3 Å². The maximum Gasteiger partial charge on any atom is 0.324 e. The molecule has 0 radical (unpaired) electrons. The molecule has 0 bridgehead atoms. The maximum atomic E-state index is 12.7. The molecule has 3 N–H and O–H groups in total. The second kappa shape index (κ2) is 7.34. The van der Waals surface area contributed by atoms with Gasteiger partial charge in [0.25, 0.3) is 0 Å². The number of carboxylic acids is 1.